The van der Waals surface area contributed by atoms with Crippen molar-refractivity contribution in [2.75, 3.05) is 13.6 Å². The van der Waals surface area contributed by atoms with E-state index in [1.165, 1.54) is 36.7 Å². The minimum Gasteiger partial charge on any atom is -0.344 e. The first-order valence-electron chi connectivity index (χ1n) is 8.52. The molecular formula is C18H23N3O3. The average molecular weight is 329 g/mol. The number of carbonyl (C=O) groups excluding carboxylic acids is 1. The zero-order chi connectivity index (χ0) is 17.1. The predicted molar refractivity (Wildman–Crippen MR) is 93.0 cm³/mol. The number of nitrogens with zero attached hydrogens (tertiary/aromatic N) is 2. The van der Waals surface area contributed by atoms with Crippen LogP contribution >= 0.6 is 0 Å². The van der Waals surface area contributed by atoms with E-state index in [1.54, 1.807) is 36.2 Å². The molecule has 6 nitrogen and oxygen atoms in total. The summed E-state index contributed by atoms with van der Waals surface area (Å²) in [7, 11) is 1.79. The number of hydrogen-bond donors (Lipinski definition) is 1. The third kappa shape index (κ3) is 3.42. The van der Waals surface area contributed by atoms with Gasteiger partial charge in [-0.25, -0.2) is 4.79 Å². The highest BCUT2D eigenvalue weighted by Gasteiger charge is 2.19. The van der Waals surface area contributed by atoms with E-state index >= 15 is 0 Å². The van der Waals surface area contributed by atoms with Crippen molar-refractivity contribution in [3.8, 4) is 0 Å². The minimum atomic E-state index is -0.543. The molecule has 0 spiro atoms. The Hall–Kier alpha value is -2.37. The van der Waals surface area contributed by atoms with Gasteiger partial charge in [0.25, 0.3) is 5.56 Å². The van der Waals surface area contributed by atoms with Crippen molar-refractivity contribution in [1.29, 1.82) is 0 Å². The number of hydrogen-bond acceptors (Lipinski definition) is 3. The van der Waals surface area contributed by atoms with Gasteiger partial charge in [-0.3, -0.25) is 19.1 Å². The number of para-hydroxylation sites is 1. The number of aromatic nitrogens is 2. The fourth-order valence-electron chi connectivity index (χ4n) is 3.51. The highest BCUT2D eigenvalue weighted by molar-refractivity contribution is 5.81. The van der Waals surface area contributed by atoms with Crippen LogP contribution in [0.2, 0.25) is 0 Å². The number of amides is 1. The van der Waals surface area contributed by atoms with E-state index in [0.717, 1.165) is 6.54 Å². The summed E-state index contributed by atoms with van der Waals surface area (Å²) in [6.07, 6.45) is 6.08. The summed E-state index contributed by atoms with van der Waals surface area (Å²) in [4.78, 5) is 40.5. The van der Waals surface area contributed by atoms with Gasteiger partial charge in [0, 0.05) is 13.6 Å². The van der Waals surface area contributed by atoms with Gasteiger partial charge in [0.2, 0.25) is 5.91 Å². The van der Waals surface area contributed by atoms with Gasteiger partial charge in [-0.05, 0) is 30.9 Å². The summed E-state index contributed by atoms with van der Waals surface area (Å²) < 4.78 is 1.34. The molecule has 1 aromatic heterocycles. The smallest absolute Gasteiger partial charge is 0.329 e. The topological polar surface area (TPSA) is 75.2 Å². The highest BCUT2D eigenvalue weighted by Crippen LogP contribution is 2.24. The summed E-state index contributed by atoms with van der Waals surface area (Å²) in [6.45, 7) is 0.675. The van der Waals surface area contributed by atoms with Crippen molar-refractivity contribution in [2.45, 2.75) is 38.6 Å². The average Bonchev–Trinajstić information content (AvgIpc) is 2.59. The fourth-order valence-corrected chi connectivity index (χ4v) is 3.51. The van der Waals surface area contributed by atoms with Crippen LogP contribution < -0.4 is 11.2 Å². The maximum atomic E-state index is 12.5. The van der Waals surface area contributed by atoms with Crippen molar-refractivity contribution in [3.05, 3.63) is 45.1 Å². The lowest BCUT2D eigenvalue weighted by Gasteiger charge is -2.27. The van der Waals surface area contributed by atoms with Crippen LogP contribution in [0.3, 0.4) is 0 Å². The van der Waals surface area contributed by atoms with E-state index in [9.17, 15) is 14.4 Å². The largest absolute Gasteiger partial charge is 0.344 e. The zero-order valence-corrected chi connectivity index (χ0v) is 14.0. The van der Waals surface area contributed by atoms with Crippen LogP contribution in [0.15, 0.2) is 33.9 Å². The Balaban J connectivity index is 1.80. The lowest BCUT2D eigenvalue weighted by molar-refractivity contribution is -0.131. The summed E-state index contributed by atoms with van der Waals surface area (Å²) in [5.74, 6) is 0.441. The van der Waals surface area contributed by atoms with Crippen molar-refractivity contribution < 1.29 is 4.79 Å². The second-order valence-corrected chi connectivity index (χ2v) is 6.64. The molecule has 1 saturated carbocycles. The van der Waals surface area contributed by atoms with Crippen LogP contribution in [0.1, 0.15) is 32.1 Å². The summed E-state index contributed by atoms with van der Waals surface area (Å²) in [5, 5.41) is 0.417. The van der Waals surface area contributed by atoms with Crippen LogP contribution in [0.4, 0.5) is 0 Å². The first-order valence-corrected chi connectivity index (χ1v) is 8.52. The van der Waals surface area contributed by atoms with Crippen LogP contribution in [0.5, 0.6) is 0 Å². The van der Waals surface area contributed by atoms with Gasteiger partial charge in [0.05, 0.1) is 10.9 Å². The number of H-pyrrole nitrogens is 1. The Morgan fingerprint density at radius 3 is 2.67 bits per heavy atom. The first kappa shape index (κ1) is 16.5. The molecule has 0 bridgehead atoms. The molecule has 1 fully saturated rings. The van der Waals surface area contributed by atoms with Crippen LogP contribution in [-0.4, -0.2) is 34.0 Å². The molecule has 0 radical (unpaired) electrons. The Labute approximate surface area is 140 Å². The van der Waals surface area contributed by atoms with Gasteiger partial charge >= 0.3 is 5.69 Å². The van der Waals surface area contributed by atoms with Crippen molar-refractivity contribution >= 4 is 16.8 Å². The second kappa shape index (κ2) is 7.03. The fraction of sp³-hybridized carbons (Fsp3) is 0.500. The molecule has 0 saturated heterocycles. The van der Waals surface area contributed by atoms with Crippen LogP contribution in [-0.2, 0) is 11.3 Å². The monoisotopic (exact) mass is 329 g/mol. The molecule has 24 heavy (non-hydrogen) atoms. The van der Waals surface area contributed by atoms with Gasteiger partial charge in [-0.1, -0.05) is 31.4 Å². The molecule has 3 rings (SSSR count). The first-order chi connectivity index (χ1) is 11.6. The minimum absolute atomic E-state index is 0.0562. The number of rotatable bonds is 4. The summed E-state index contributed by atoms with van der Waals surface area (Å²) >= 11 is 0. The van der Waals surface area contributed by atoms with Crippen LogP contribution in [0, 0.1) is 5.92 Å². The predicted octanol–water partition coefficient (Wildman–Crippen LogP) is 1.73. The van der Waals surface area contributed by atoms with Crippen molar-refractivity contribution in [2.24, 2.45) is 5.92 Å². The van der Waals surface area contributed by atoms with Gasteiger partial charge in [0.1, 0.15) is 6.54 Å². The molecule has 0 aliphatic heterocycles. The third-order valence-corrected chi connectivity index (χ3v) is 4.88. The number of likely N-dealkylation sites (N-methyl/N-ethyl adjacent to an activating group) is 1. The molecule has 6 heteroatoms. The zero-order valence-electron chi connectivity index (χ0n) is 14.0. The maximum Gasteiger partial charge on any atom is 0.329 e. The van der Waals surface area contributed by atoms with E-state index < -0.39 is 11.2 Å². The van der Waals surface area contributed by atoms with E-state index in [2.05, 4.69) is 4.98 Å². The maximum absolute atomic E-state index is 12.5. The Bertz CT molecular complexity index is 846. The number of aromatic amines is 1. The van der Waals surface area contributed by atoms with E-state index in [-0.39, 0.29) is 12.5 Å². The molecule has 1 heterocycles. The van der Waals surface area contributed by atoms with Gasteiger partial charge < -0.3 is 4.90 Å². The number of nitrogens with one attached hydrogen (secondary N) is 1. The summed E-state index contributed by atoms with van der Waals surface area (Å²) in [6, 6.07) is 6.85. The molecule has 2 aromatic rings. The van der Waals surface area contributed by atoms with Crippen molar-refractivity contribution in [3.63, 3.8) is 0 Å². The molecule has 1 N–H and O–H groups in total. The molecule has 1 amide bonds. The van der Waals surface area contributed by atoms with Gasteiger partial charge in [0.15, 0.2) is 0 Å². The number of fused-ring (bicyclic) bond motifs is 1. The van der Waals surface area contributed by atoms with E-state index in [0.29, 0.717) is 16.8 Å². The normalized spacial score (nSPS) is 15.5. The Kier molecular flexibility index (Phi) is 4.83. The lowest BCUT2D eigenvalue weighted by atomic mass is 9.89. The molecule has 0 unspecified atom stereocenters. The summed E-state index contributed by atoms with van der Waals surface area (Å²) in [5.41, 5.74) is -0.473. The molecule has 1 aliphatic rings. The number of carbonyl (C=O) groups is 1. The SMILES string of the molecule is CN(CC1CCCCC1)C(=O)Cn1c(=O)[nH]c(=O)c2ccccc21. The van der Waals surface area contributed by atoms with Gasteiger partial charge in [-0.15, -0.1) is 0 Å². The molecule has 1 aromatic carbocycles. The van der Waals surface area contributed by atoms with E-state index in [1.807, 2.05) is 0 Å². The third-order valence-electron chi connectivity index (χ3n) is 4.88. The van der Waals surface area contributed by atoms with Crippen LogP contribution in [0.25, 0.3) is 10.9 Å². The standard InChI is InChI=1S/C18H23N3O3/c1-20(11-13-7-3-2-4-8-13)16(22)12-21-15-10-6-5-9-14(15)17(23)19-18(21)24/h5-6,9-10,13H,2-4,7-8,11-12H2,1H3,(H,19,23,24). The quantitative estimate of drug-likeness (QED) is 0.928. The van der Waals surface area contributed by atoms with Gasteiger partial charge in [-0.2, -0.15) is 0 Å². The Morgan fingerprint density at radius 2 is 1.92 bits per heavy atom. The highest BCUT2D eigenvalue weighted by atomic mass is 16.2. The molecule has 0 atom stereocenters. The Morgan fingerprint density at radius 1 is 1.21 bits per heavy atom. The van der Waals surface area contributed by atoms with E-state index in [4.69, 9.17) is 0 Å². The lowest BCUT2D eigenvalue weighted by Crippen LogP contribution is -2.39. The molecule has 128 valence electrons. The van der Waals surface area contributed by atoms with Crippen molar-refractivity contribution in [1.82, 2.24) is 14.5 Å². The number of benzene rings is 1. The molecule has 1 aliphatic carbocycles. The second-order valence-electron chi connectivity index (χ2n) is 6.64. The molecular weight excluding hydrogens is 306 g/mol.